The second-order valence-electron chi connectivity index (χ2n) is 8.10. The summed E-state index contributed by atoms with van der Waals surface area (Å²) in [4.78, 5) is 27.8. The van der Waals surface area contributed by atoms with Gasteiger partial charge >= 0.3 is 12.0 Å². The third kappa shape index (κ3) is 7.17. The predicted octanol–water partition coefficient (Wildman–Crippen LogP) is 2.55. The van der Waals surface area contributed by atoms with Crippen molar-refractivity contribution in [1.29, 1.82) is 5.41 Å². The van der Waals surface area contributed by atoms with Gasteiger partial charge in [-0.05, 0) is 54.8 Å². The second kappa shape index (κ2) is 12.0. The number of nitrogens with two attached hydrogens (primary N) is 1. The lowest BCUT2D eigenvalue weighted by Crippen LogP contribution is -2.43. The molecular weight excluding hydrogens is 494 g/mol. The quantitative estimate of drug-likeness (QED) is 0.262. The number of amidine groups is 1. The minimum atomic E-state index is -3.68. The number of benzene rings is 2. The van der Waals surface area contributed by atoms with Gasteiger partial charge in [0.2, 0.25) is 10.0 Å². The van der Waals surface area contributed by atoms with E-state index >= 15 is 0 Å². The largest absolute Gasteiger partial charge is 0.480 e. The Morgan fingerprint density at radius 1 is 1.09 bits per heavy atom. The van der Waals surface area contributed by atoms with E-state index in [-0.39, 0.29) is 36.4 Å². The number of hydrogen-bond donors (Lipinski definition) is 4. The molecule has 3 rings (SSSR count). The molecule has 1 heterocycles. The summed E-state index contributed by atoms with van der Waals surface area (Å²) in [5.41, 5.74) is 8.06. The molecule has 12 heteroatoms. The van der Waals surface area contributed by atoms with E-state index in [9.17, 15) is 23.1 Å². The molecule has 0 bridgehead atoms. The van der Waals surface area contributed by atoms with Crippen molar-refractivity contribution >= 4 is 51.6 Å². The number of carboxylic acid groups (broad SMARTS) is 1. The van der Waals surface area contributed by atoms with E-state index in [2.05, 4.69) is 4.72 Å². The van der Waals surface area contributed by atoms with Crippen LogP contribution in [0.1, 0.15) is 30.9 Å². The highest BCUT2D eigenvalue weighted by Gasteiger charge is 2.31. The summed E-state index contributed by atoms with van der Waals surface area (Å²) < 4.78 is 26.5. The van der Waals surface area contributed by atoms with E-state index in [0.717, 1.165) is 0 Å². The fourth-order valence-electron chi connectivity index (χ4n) is 3.67. The number of nitrogen functional groups attached to an aromatic ring is 1. The zero-order valence-electron chi connectivity index (χ0n) is 19.3. The van der Waals surface area contributed by atoms with Crippen LogP contribution in [0.3, 0.4) is 0 Å². The number of nitrogens with one attached hydrogen (secondary N) is 2. The lowest BCUT2D eigenvalue weighted by molar-refractivity contribution is -0.138. The number of sulfonamides is 1. The number of amides is 2. The molecule has 1 aliphatic rings. The Morgan fingerprint density at radius 2 is 1.60 bits per heavy atom. The zero-order chi connectivity index (χ0) is 24.9. The summed E-state index contributed by atoms with van der Waals surface area (Å²) in [6, 6.07) is 12.2. The van der Waals surface area contributed by atoms with Gasteiger partial charge in [-0.3, -0.25) is 20.0 Å². The van der Waals surface area contributed by atoms with Gasteiger partial charge in [-0.1, -0.05) is 25.5 Å². The fraction of sp³-hybridized carbons (Fsp3) is 0.348. The second-order valence-corrected chi connectivity index (χ2v) is 9.97. The Morgan fingerprint density at radius 3 is 2.06 bits per heavy atom. The van der Waals surface area contributed by atoms with Gasteiger partial charge < -0.3 is 10.8 Å². The maximum Gasteiger partial charge on any atom is 0.329 e. The normalized spacial score (nSPS) is 14.5. The van der Waals surface area contributed by atoms with E-state index < -0.39 is 22.0 Å². The van der Waals surface area contributed by atoms with Crippen LogP contribution in [0, 0.1) is 5.41 Å². The van der Waals surface area contributed by atoms with Gasteiger partial charge in [0.25, 0.3) is 0 Å². The first kappa shape index (κ1) is 28.1. The molecule has 1 atom stereocenters. The highest BCUT2D eigenvalue weighted by Crippen LogP contribution is 2.26. The molecule has 35 heavy (non-hydrogen) atoms. The molecule has 0 radical (unpaired) electrons. The van der Waals surface area contributed by atoms with Crippen LogP contribution in [0.15, 0.2) is 48.5 Å². The topological polar surface area (TPSA) is 157 Å². The number of halogens is 1. The summed E-state index contributed by atoms with van der Waals surface area (Å²) in [6.45, 7) is 2.82. The number of carbonyl (C=O) groups excluding carboxylic acids is 1. The highest BCUT2D eigenvalue weighted by atomic mass is 35.5. The van der Waals surface area contributed by atoms with Gasteiger partial charge in [0.15, 0.2) is 0 Å². The number of carboxylic acids is 1. The van der Waals surface area contributed by atoms with Crippen LogP contribution in [0.2, 0.25) is 0 Å². The number of carbonyl (C=O) groups is 2. The SMILES string of the molecule is CCCCS(=O)(=O)NC(Cc1ccc(N2CCN(c3ccc(C(=N)N)cc3)C2=O)cc1)C(=O)O.Cl. The van der Waals surface area contributed by atoms with Gasteiger partial charge in [0, 0.05) is 30.0 Å². The molecule has 1 aliphatic heterocycles. The van der Waals surface area contributed by atoms with Gasteiger partial charge in [0.1, 0.15) is 11.9 Å². The predicted molar refractivity (Wildman–Crippen MR) is 138 cm³/mol. The minimum absolute atomic E-state index is 0. The number of anilines is 2. The molecule has 0 aliphatic carbocycles. The standard InChI is InChI=1S/C23H29N5O5S.ClH/c1-2-3-14-34(32,33)26-20(22(29)30)15-16-4-8-18(9-5-16)27-12-13-28(23(27)31)19-10-6-17(7-11-19)21(24)25;/h4-11,20,26H,2-3,12-15H2,1H3,(H3,24,25)(H,29,30);1H. The van der Waals surface area contributed by atoms with Crippen molar-refractivity contribution in [2.24, 2.45) is 5.73 Å². The Balaban J connectivity index is 0.00000432. The number of rotatable bonds is 11. The molecule has 1 unspecified atom stereocenters. The number of urea groups is 1. The summed E-state index contributed by atoms with van der Waals surface area (Å²) >= 11 is 0. The van der Waals surface area contributed by atoms with E-state index in [1.807, 2.05) is 6.92 Å². The van der Waals surface area contributed by atoms with Crippen LogP contribution in [-0.4, -0.2) is 56.2 Å². The first-order chi connectivity index (χ1) is 16.1. The summed E-state index contributed by atoms with van der Waals surface area (Å²) in [6.07, 6.45) is 1.14. The lowest BCUT2D eigenvalue weighted by Gasteiger charge is -2.20. The van der Waals surface area contributed by atoms with Crippen molar-refractivity contribution < 1.29 is 23.1 Å². The van der Waals surface area contributed by atoms with Crippen LogP contribution < -0.4 is 20.3 Å². The number of hydrogen-bond acceptors (Lipinski definition) is 5. The molecule has 2 aromatic carbocycles. The molecule has 190 valence electrons. The average Bonchev–Trinajstić information content (AvgIpc) is 3.19. The third-order valence-electron chi connectivity index (χ3n) is 5.57. The van der Waals surface area contributed by atoms with Crippen molar-refractivity contribution in [3.8, 4) is 0 Å². The first-order valence-corrected chi connectivity index (χ1v) is 12.6. The van der Waals surface area contributed by atoms with Crippen molar-refractivity contribution in [2.75, 3.05) is 28.6 Å². The smallest absolute Gasteiger partial charge is 0.329 e. The summed E-state index contributed by atoms with van der Waals surface area (Å²) in [5, 5.41) is 16.9. The monoisotopic (exact) mass is 523 g/mol. The van der Waals surface area contributed by atoms with Crippen LogP contribution in [0.4, 0.5) is 16.2 Å². The van der Waals surface area contributed by atoms with E-state index in [4.69, 9.17) is 11.1 Å². The Kier molecular flexibility index (Phi) is 9.64. The maximum absolute atomic E-state index is 13.0. The van der Waals surface area contributed by atoms with E-state index in [0.29, 0.717) is 48.4 Å². The van der Waals surface area contributed by atoms with Gasteiger partial charge in [0.05, 0.1) is 5.75 Å². The molecule has 5 N–H and O–H groups in total. The first-order valence-electron chi connectivity index (χ1n) is 11.0. The summed E-state index contributed by atoms with van der Waals surface area (Å²) in [5.74, 6) is -1.40. The van der Waals surface area contributed by atoms with Gasteiger partial charge in [-0.25, -0.2) is 17.9 Å². The van der Waals surface area contributed by atoms with Crippen LogP contribution in [0.25, 0.3) is 0 Å². The third-order valence-corrected chi connectivity index (χ3v) is 7.04. The molecule has 0 saturated carbocycles. The molecule has 0 aromatic heterocycles. The molecule has 1 saturated heterocycles. The van der Waals surface area contributed by atoms with Crippen LogP contribution in [-0.2, 0) is 21.2 Å². The molecule has 2 amide bonds. The highest BCUT2D eigenvalue weighted by molar-refractivity contribution is 7.89. The molecule has 1 fully saturated rings. The average molecular weight is 524 g/mol. The van der Waals surface area contributed by atoms with Gasteiger partial charge in [-0.2, -0.15) is 0 Å². The van der Waals surface area contributed by atoms with Crippen molar-refractivity contribution in [3.05, 3.63) is 59.7 Å². The fourth-order valence-corrected chi connectivity index (χ4v) is 5.08. The molecule has 10 nitrogen and oxygen atoms in total. The zero-order valence-corrected chi connectivity index (χ0v) is 20.9. The number of aliphatic carboxylic acids is 1. The Labute approximate surface area is 211 Å². The molecule has 2 aromatic rings. The van der Waals surface area contributed by atoms with Gasteiger partial charge in [-0.15, -0.1) is 12.4 Å². The van der Waals surface area contributed by atoms with E-state index in [1.54, 1.807) is 58.3 Å². The minimum Gasteiger partial charge on any atom is -0.480 e. The van der Waals surface area contributed by atoms with E-state index in [1.165, 1.54) is 0 Å². The summed E-state index contributed by atoms with van der Waals surface area (Å²) in [7, 11) is -3.68. The Bertz CT molecular complexity index is 1160. The maximum atomic E-state index is 13.0. The molecule has 0 spiro atoms. The van der Waals surface area contributed by atoms with Crippen LogP contribution in [0.5, 0.6) is 0 Å². The van der Waals surface area contributed by atoms with Crippen LogP contribution >= 0.6 is 12.4 Å². The lowest BCUT2D eigenvalue weighted by atomic mass is 10.1. The Hall–Kier alpha value is -3.15. The molecular formula is C23H30ClN5O5S. The van der Waals surface area contributed by atoms with Crippen molar-refractivity contribution in [2.45, 2.75) is 32.2 Å². The van der Waals surface area contributed by atoms with Crippen molar-refractivity contribution in [1.82, 2.24) is 4.72 Å². The number of nitrogens with zero attached hydrogens (tertiary/aromatic N) is 2. The van der Waals surface area contributed by atoms with Crippen molar-refractivity contribution in [3.63, 3.8) is 0 Å². The number of unbranched alkanes of at least 4 members (excludes halogenated alkanes) is 1.